The van der Waals surface area contributed by atoms with Gasteiger partial charge in [-0.25, -0.2) is 0 Å². The molecule has 0 unspecified atom stereocenters. The van der Waals surface area contributed by atoms with E-state index in [1.807, 2.05) is 0 Å². The summed E-state index contributed by atoms with van der Waals surface area (Å²) in [6.07, 6.45) is 14.3. The zero-order valence-corrected chi connectivity index (χ0v) is 14.8. The maximum atomic E-state index is 5.50. The van der Waals surface area contributed by atoms with E-state index in [0.717, 1.165) is 24.9 Å². The van der Waals surface area contributed by atoms with Gasteiger partial charge in [-0.2, -0.15) is 0 Å². The summed E-state index contributed by atoms with van der Waals surface area (Å²) in [4.78, 5) is 0. The van der Waals surface area contributed by atoms with Gasteiger partial charge in [0.05, 0.1) is 0 Å². The second-order valence-corrected chi connectivity index (χ2v) is 7.36. The molecule has 0 radical (unpaired) electrons. The van der Waals surface area contributed by atoms with E-state index in [-0.39, 0.29) is 0 Å². The molecule has 3 rings (SSSR count). The van der Waals surface area contributed by atoms with Crippen molar-refractivity contribution in [2.75, 3.05) is 13.1 Å². The predicted octanol–water partition coefficient (Wildman–Crippen LogP) is 4.88. The molecule has 0 bridgehead atoms. The number of nitrogens with two attached hydrogens (primary N) is 1. The Hall–Kier alpha value is -0.860. The lowest BCUT2D eigenvalue weighted by molar-refractivity contribution is 0.342. The maximum absolute atomic E-state index is 5.50. The Morgan fingerprint density at radius 2 is 1.35 bits per heavy atom. The van der Waals surface area contributed by atoms with Gasteiger partial charge in [-0.1, -0.05) is 68.9 Å². The molecular weight excluding hydrogens is 280 g/mol. The summed E-state index contributed by atoms with van der Waals surface area (Å²) in [5.41, 5.74) is 6.90. The van der Waals surface area contributed by atoms with E-state index in [0.29, 0.717) is 0 Å². The van der Waals surface area contributed by atoms with E-state index in [1.54, 1.807) is 0 Å². The molecule has 2 aliphatic rings. The number of benzene rings is 1. The van der Waals surface area contributed by atoms with Gasteiger partial charge in [0, 0.05) is 6.54 Å². The third-order valence-electron chi connectivity index (χ3n) is 5.39. The van der Waals surface area contributed by atoms with E-state index in [2.05, 4.69) is 35.6 Å². The molecular formula is C21H36N2. The molecule has 2 aliphatic carbocycles. The van der Waals surface area contributed by atoms with Crippen LogP contribution in [0.25, 0.3) is 0 Å². The molecule has 0 heterocycles. The zero-order chi connectivity index (χ0) is 16.2. The molecule has 0 atom stereocenters. The SMILES string of the molecule is NCC1CCCCC1.c1ccc(CNCC2CCCCC2)cc1. The molecule has 0 spiro atoms. The summed E-state index contributed by atoms with van der Waals surface area (Å²) in [6.45, 7) is 3.15. The lowest BCUT2D eigenvalue weighted by Crippen LogP contribution is -2.24. The molecule has 23 heavy (non-hydrogen) atoms. The average Bonchev–Trinajstić information content (AvgIpc) is 2.65. The van der Waals surface area contributed by atoms with Gasteiger partial charge in [0.1, 0.15) is 0 Å². The quantitative estimate of drug-likeness (QED) is 0.812. The summed E-state index contributed by atoms with van der Waals surface area (Å²) in [5.74, 6) is 1.80. The Balaban J connectivity index is 0.000000203. The standard InChI is InChI=1S/C14H21N.C7H15N/c1-3-7-13(8-4-1)11-15-12-14-9-5-2-6-10-14;8-6-7-4-2-1-3-5-7/h1,3-4,7-8,14-15H,2,5-6,9-12H2;7H,1-6,8H2. The van der Waals surface area contributed by atoms with Gasteiger partial charge in [-0.05, 0) is 56.2 Å². The fraction of sp³-hybridized carbons (Fsp3) is 0.714. The Morgan fingerprint density at radius 3 is 1.87 bits per heavy atom. The molecule has 1 aromatic rings. The molecule has 2 nitrogen and oxygen atoms in total. The van der Waals surface area contributed by atoms with E-state index in [1.165, 1.54) is 76.3 Å². The third-order valence-corrected chi connectivity index (χ3v) is 5.39. The van der Waals surface area contributed by atoms with Crippen LogP contribution in [0.3, 0.4) is 0 Å². The van der Waals surface area contributed by atoms with Crippen molar-refractivity contribution >= 4 is 0 Å². The van der Waals surface area contributed by atoms with Gasteiger partial charge in [0.25, 0.3) is 0 Å². The highest BCUT2D eigenvalue weighted by Gasteiger charge is 2.12. The molecule has 1 aromatic carbocycles. The Labute approximate surface area is 143 Å². The Kier molecular flexibility index (Phi) is 9.35. The first kappa shape index (κ1) is 18.5. The average molecular weight is 317 g/mol. The van der Waals surface area contributed by atoms with Crippen molar-refractivity contribution in [1.29, 1.82) is 0 Å². The van der Waals surface area contributed by atoms with Crippen molar-refractivity contribution in [2.24, 2.45) is 17.6 Å². The Bertz CT molecular complexity index is 378. The fourth-order valence-electron chi connectivity index (χ4n) is 3.83. The minimum Gasteiger partial charge on any atom is -0.330 e. The smallest absolute Gasteiger partial charge is 0.0205 e. The number of nitrogens with one attached hydrogen (secondary N) is 1. The molecule has 130 valence electrons. The largest absolute Gasteiger partial charge is 0.330 e. The summed E-state index contributed by atoms with van der Waals surface area (Å²) < 4.78 is 0. The normalized spacial score (nSPS) is 19.9. The van der Waals surface area contributed by atoms with Crippen LogP contribution in [-0.2, 0) is 6.54 Å². The Morgan fingerprint density at radius 1 is 0.783 bits per heavy atom. The van der Waals surface area contributed by atoms with Crippen molar-refractivity contribution in [2.45, 2.75) is 70.8 Å². The van der Waals surface area contributed by atoms with Crippen molar-refractivity contribution in [3.63, 3.8) is 0 Å². The van der Waals surface area contributed by atoms with E-state index in [4.69, 9.17) is 5.73 Å². The van der Waals surface area contributed by atoms with Crippen LogP contribution in [-0.4, -0.2) is 13.1 Å². The van der Waals surface area contributed by atoms with Crippen LogP contribution in [0.2, 0.25) is 0 Å². The monoisotopic (exact) mass is 316 g/mol. The van der Waals surface area contributed by atoms with Gasteiger partial charge in [0.15, 0.2) is 0 Å². The topological polar surface area (TPSA) is 38.0 Å². The molecule has 2 fully saturated rings. The van der Waals surface area contributed by atoms with Crippen molar-refractivity contribution in [3.05, 3.63) is 35.9 Å². The van der Waals surface area contributed by atoms with Crippen LogP contribution in [0.1, 0.15) is 69.8 Å². The summed E-state index contributed by atoms with van der Waals surface area (Å²) in [7, 11) is 0. The number of hydrogen-bond donors (Lipinski definition) is 2. The van der Waals surface area contributed by atoms with Crippen LogP contribution in [0, 0.1) is 11.8 Å². The molecule has 0 saturated heterocycles. The van der Waals surface area contributed by atoms with Gasteiger partial charge >= 0.3 is 0 Å². The van der Waals surface area contributed by atoms with E-state index < -0.39 is 0 Å². The summed E-state index contributed by atoms with van der Waals surface area (Å²) >= 11 is 0. The first-order valence-corrected chi connectivity index (χ1v) is 9.83. The fourth-order valence-corrected chi connectivity index (χ4v) is 3.83. The lowest BCUT2D eigenvalue weighted by Gasteiger charge is -2.21. The van der Waals surface area contributed by atoms with Gasteiger partial charge in [0.2, 0.25) is 0 Å². The van der Waals surface area contributed by atoms with Crippen LogP contribution in [0.15, 0.2) is 30.3 Å². The molecule has 2 saturated carbocycles. The molecule has 0 aromatic heterocycles. The van der Waals surface area contributed by atoms with Crippen LogP contribution in [0.5, 0.6) is 0 Å². The van der Waals surface area contributed by atoms with Crippen molar-refractivity contribution < 1.29 is 0 Å². The highest BCUT2D eigenvalue weighted by molar-refractivity contribution is 5.14. The first-order valence-electron chi connectivity index (χ1n) is 9.83. The second-order valence-electron chi connectivity index (χ2n) is 7.36. The van der Waals surface area contributed by atoms with Crippen LogP contribution >= 0.6 is 0 Å². The van der Waals surface area contributed by atoms with Gasteiger partial charge in [-0.3, -0.25) is 0 Å². The minimum absolute atomic E-state index is 0.865. The maximum Gasteiger partial charge on any atom is 0.0205 e. The van der Waals surface area contributed by atoms with Crippen LogP contribution < -0.4 is 11.1 Å². The van der Waals surface area contributed by atoms with Gasteiger partial charge < -0.3 is 11.1 Å². The highest BCUT2D eigenvalue weighted by Crippen LogP contribution is 2.23. The predicted molar refractivity (Wildman–Crippen MR) is 100 cm³/mol. The van der Waals surface area contributed by atoms with E-state index >= 15 is 0 Å². The summed E-state index contributed by atoms with van der Waals surface area (Å²) in [6, 6.07) is 10.7. The van der Waals surface area contributed by atoms with Gasteiger partial charge in [-0.15, -0.1) is 0 Å². The van der Waals surface area contributed by atoms with Crippen molar-refractivity contribution in [1.82, 2.24) is 5.32 Å². The molecule has 0 aliphatic heterocycles. The molecule has 0 amide bonds. The van der Waals surface area contributed by atoms with Crippen molar-refractivity contribution in [3.8, 4) is 0 Å². The van der Waals surface area contributed by atoms with Crippen LogP contribution in [0.4, 0.5) is 0 Å². The zero-order valence-electron chi connectivity index (χ0n) is 14.8. The molecule has 2 heteroatoms. The number of hydrogen-bond acceptors (Lipinski definition) is 2. The first-order chi connectivity index (χ1) is 11.4. The number of rotatable bonds is 5. The highest BCUT2D eigenvalue weighted by atomic mass is 14.9. The van der Waals surface area contributed by atoms with E-state index in [9.17, 15) is 0 Å². The lowest BCUT2D eigenvalue weighted by atomic mass is 9.89. The third kappa shape index (κ3) is 7.99. The second kappa shape index (κ2) is 11.6. The molecule has 3 N–H and O–H groups in total. The minimum atomic E-state index is 0.865. The summed E-state index contributed by atoms with van der Waals surface area (Å²) in [5, 5.41) is 3.57.